The first-order valence-electron chi connectivity index (χ1n) is 8.72. The molecule has 1 N–H and O–H groups in total. The van der Waals surface area contributed by atoms with E-state index >= 15 is 0 Å². The van der Waals surface area contributed by atoms with Crippen LogP contribution in [0.4, 0.5) is 0 Å². The second kappa shape index (κ2) is 5.38. The summed E-state index contributed by atoms with van der Waals surface area (Å²) < 4.78 is 0. The number of likely N-dealkylation sites (tertiary alicyclic amines) is 1. The SMILES string of the molecule is O=C(C1Cc2ccccc2C1)N1CCC[C@]2(CCC[C@H]2O)C1. The highest BCUT2D eigenvalue weighted by molar-refractivity contribution is 5.80. The maximum absolute atomic E-state index is 13.0. The van der Waals surface area contributed by atoms with Crippen molar-refractivity contribution < 1.29 is 9.90 Å². The van der Waals surface area contributed by atoms with Crippen LogP contribution in [0.3, 0.4) is 0 Å². The van der Waals surface area contributed by atoms with Crippen LogP contribution in [0.25, 0.3) is 0 Å². The van der Waals surface area contributed by atoms with Crippen LogP contribution < -0.4 is 0 Å². The maximum Gasteiger partial charge on any atom is 0.226 e. The zero-order valence-corrected chi connectivity index (χ0v) is 13.1. The van der Waals surface area contributed by atoms with Crippen LogP contribution in [0.15, 0.2) is 24.3 Å². The van der Waals surface area contributed by atoms with E-state index in [1.54, 1.807) is 0 Å². The first kappa shape index (κ1) is 14.3. The van der Waals surface area contributed by atoms with Gasteiger partial charge in [-0.15, -0.1) is 0 Å². The van der Waals surface area contributed by atoms with E-state index in [-0.39, 0.29) is 17.4 Å². The fourth-order valence-electron chi connectivity index (χ4n) is 4.94. The molecule has 2 atom stereocenters. The summed E-state index contributed by atoms with van der Waals surface area (Å²) in [5.74, 6) is 0.431. The molecule has 3 heteroatoms. The molecule has 2 aliphatic carbocycles. The fourth-order valence-corrected chi connectivity index (χ4v) is 4.94. The monoisotopic (exact) mass is 299 g/mol. The van der Waals surface area contributed by atoms with Gasteiger partial charge in [0.2, 0.25) is 5.91 Å². The Morgan fingerprint density at radius 2 is 1.82 bits per heavy atom. The number of nitrogens with zero attached hydrogens (tertiary/aromatic N) is 1. The van der Waals surface area contributed by atoms with Crippen molar-refractivity contribution in [2.75, 3.05) is 13.1 Å². The Bertz CT molecular complexity index is 560. The minimum Gasteiger partial charge on any atom is -0.392 e. The zero-order valence-electron chi connectivity index (χ0n) is 13.1. The van der Waals surface area contributed by atoms with Crippen molar-refractivity contribution >= 4 is 5.91 Å². The Morgan fingerprint density at radius 1 is 1.14 bits per heavy atom. The minimum absolute atomic E-state index is 0.000629. The molecule has 0 unspecified atom stereocenters. The fraction of sp³-hybridized carbons (Fsp3) is 0.632. The molecular weight excluding hydrogens is 274 g/mol. The molecule has 1 aliphatic heterocycles. The first-order valence-corrected chi connectivity index (χ1v) is 8.72. The predicted octanol–water partition coefficient (Wildman–Crippen LogP) is 2.56. The van der Waals surface area contributed by atoms with Gasteiger partial charge in [0.25, 0.3) is 0 Å². The number of piperidine rings is 1. The summed E-state index contributed by atoms with van der Waals surface area (Å²) >= 11 is 0. The molecule has 1 heterocycles. The molecular formula is C19H25NO2. The van der Waals surface area contributed by atoms with Gasteiger partial charge in [0, 0.05) is 24.4 Å². The lowest BCUT2D eigenvalue weighted by atomic mass is 9.76. The van der Waals surface area contributed by atoms with E-state index in [0.717, 1.165) is 58.0 Å². The Balaban J connectivity index is 1.47. The van der Waals surface area contributed by atoms with Gasteiger partial charge in [-0.1, -0.05) is 30.7 Å². The van der Waals surface area contributed by atoms with Crippen LogP contribution in [-0.2, 0) is 17.6 Å². The van der Waals surface area contributed by atoms with Gasteiger partial charge < -0.3 is 10.0 Å². The van der Waals surface area contributed by atoms with Crippen molar-refractivity contribution in [3.05, 3.63) is 35.4 Å². The largest absolute Gasteiger partial charge is 0.392 e. The Kier molecular flexibility index (Phi) is 3.48. The van der Waals surface area contributed by atoms with Gasteiger partial charge in [0.05, 0.1) is 6.10 Å². The molecule has 1 aromatic carbocycles. The normalized spacial score (nSPS) is 31.7. The lowest BCUT2D eigenvalue weighted by Gasteiger charge is -2.43. The standard InChI is InChI=1S/C19H25NO2/c21-17-7-3-8-19(17)9-4-10-20(13-19)18(22)16-11-14-5-1-2-6-15(14)12-16/h1-2,5-6,16-17,21H,3-4,7-13H2/t17-,19-/m1/s1. The summed E-state index contributed by atoms with van der Waals surface area (Å²) in [6.07, 6.45) is 6.81. The number of carbonyl (C=O) groups excluding carboxylic acids is 1. The Morgan fingerprint density at radius 3 is 2.45 bits per heavy atom. The lowest BCUT2D eigenvalue weighted by molar-refractivity contribution is -0.140. The molecule has 1 amide bonds. The Hall–Kier alpha value is -1.35. The maximum atomic E-state index is 13.0. The number of fused-ring (bicyclic) bond motifs is 1. The average molecular weight is 299 g/mol. The molecule has 1 spiro atoms. The number of rotatable bonds is 1. The third kappa shape index (κ3) is 2.26. The van der Waals surface area contributed by atoms with Crippen molar-refractivity contribution in [2.45, 2.75) is 51.0 Å². The number of aliphatic hydroxyl groups is 1. The molecule has 1 saturated carbocycles. The van der Waals surface area contributed by atoms with Crippen molar-refractivity contribution in [2.24, 2.45) is 11.3 Å². The highest BCUT2D eigenvalue weighted by atomic mass is 16.3. The van der Waals surface area contributed by atoms with Crippen molar-refractivity contribution in [3.8, 4) is 0 Å². The molecule has 1 aromatic rings. The summed E-state index contributed by atoms with van der Waals surface area (Å²) in [4.78, 5) is 15.0. The van der Waals surface area contributed by atoms with Gasteiger partial charge in [0.1, 0.15) is 0 Å². The molecule has 2 fully saturated rings. The molecule has 118 valence electrons. The topological polar surface area (TPSA) is 40.5 Å². The van der Waals surface area contributed by atoms with Crippen molar-refractivity contribution in [1.29, 1.82) is 0 Å². The molecule has 0 aromatic heterocycles. The van der Waals surface area contributed by atoms with Gasteiger partial charge in [-0.05, 0) is 49.7 Å². The van der Waals surface area contributed by atoms with Crippen LogP contribution in [0.5, 0.6) is 0 Å². The number of aliphatic hydroxyl groups excluding tert-OH is 1. The number of hydrogen-bond acceptors (Lipinski definition) is 2. The summed E-state index contributed by atoms with van der Waals surface area (Å²) in [5.41, 5.74) is 2.68. The van der Waals surface area contributed by atoms with Gasteiger partial charge >= 0.3 is 0 Å². The number of carbonyl (C=O) groups is 1. The third-order valence-electron chi connectivity index (χ3n) is 6.18. The first-order chi connectivity index (χ1) is 10.7. The average Bonchev–Trinajstić information content (AvgIpc) is 3.11. The predicted molar refractivity (Wildman–Crippen MR) is 85.4 cm³/mol. The summed E-state index contributed by atoms with van der Waals surface area (Å²) in [5, 5.41) is 10.4. The van der Waals surface area contributed by atoms with E-state index in [0.29, 0.717) is 5.91 Å². The van der Waals surface area contributed by atoms with Gasteiger partial charge in [-0.3, -0.25) is 4.79 Å². The van der Waals surface area contributed by atoms with E-state index in [9.17, 15) is 9.90 Å². The van der Waals surface area contributed by atoms with Crippen LogP contribution in [-0.4, -0.2) is 35.1 Å². The zero-order chi connectivity index (χ0) is 15.2. The van der Waals surface area contributed by atoms with Gasteiger partial charge in [0.15, 0.2) is 0 Å². The van der Waals surface area contributed by atoms with Gasteiger partial charge in [-0.25, -0.2) is 0 Å². The van der Waals surface area contributed by atoms with Crippen LogP contribution >= 0.6 is 0 Å². The van der Waals surface area contributed by atoms with Crippen LogP contribution in [0.2, 0.25) is 0 Å². The number of amides is 1. The molecule has 1 saturated heterocycles. The second-order valence-electron chi connectivity index (χ2n) is 7.51. The second-order valence-corrected chi connectivity index (χ2v) is 7.51. The van der Waals surface area contributed by atoms with E-state index in [2.05, 4.69) is 29.2 Å². The van der Waals surface area contributed by atoms with E-state index in [4.69, 9.17) is 0 Å². The number of hydrogen-bond donors (Lipinski definition) is 1. The molecule has 0 radical (unpaired) electrons. The summed E-state index contributed by atoms with van der Waals surface area (Å²) in [7, 11) is 0. The number of benzene rings is 1. The van der Waals surface area contributed by atoms with E-state index in [1.807, 2.05) is 0 Å². The highest BCUT2D eigenvalue weighted by Gasteiger charge is 2.46. The molecule has 4 rings (SSSR count). The molecule has 22 heavy (non-hydrogen) atoms. The minimum atomic E-state index is -0.205. The van der Waals surface area contributed by atoms with E-state index in [1.165, 1.54) is 11.1 Å². The van der Waals surface area contributed by atoms with E-state index < -0.39 is 0 Å². The summed E-state index contributed by atoms with van der Waals surface area (Å²) in [6, 6.07) is 8.44. The highest BCUT2D eigenvalue weighted by Crippen LogP contribution is 2.45. The van der Waals surface area contributed by atoms with Crippen molar-refractivity contribution in [3.63, 3.8) is 0 Å². The molecule has 3 aliphatic rings. The summed E-state index contributed by atoms with van der Waals surface area (Å²) in [6.45, 7) is 1.65. The van der Waals surface area contributed by atoms with Gasteiger partial charge in [-0.2, -0.15) is 0 Å². The Labute approximate surface area is 132 Å². The quantitative estimate of drug-likeness (QED) is 0.866. The van der Waals surface area contributed by atoms with Crippen LogP contribution in [0.1, 0.15) is 43.2 Å². The molecule has 3 nitrogen and oxygen atoms in total. The van der Waals surface area contributed by atoms with Crippen molar-refractivity contribution in [1.82, 2.24) is 4.90 Å². The smallest absolute Gasteiger partial charge is 0.226 e. The van der Waals surface area contributed by atoms with Crippen LogP contribution in [0, 0.1) is 11.3 Å². The lowest BCUT2D eigenvalue weighted by Crippen LogP contribution is -2.51. The third-order valence-corrected chi connectivity index (χ3v) is 6.18. The molecule has 0 bridgehead atoms.